The predicted molar refractivity (Wildman–Crippen MR) is 49.6 cm³/mol. The maximum Gasteiger partial charge on any atom is 0.234 e. The lowest BCUT2D eigenvalue weighted by molar-refractivity contribution is -0.123. The zero-order valence-electron chi connectivity index (χ0n) is 8.29. The number of hydrogen-bond donors (Lipinski definition) is 2. The minimum absolute atomic E-state index is 0.186. The molecule has 0 aliphatic heterocycles. The highest BCUT2D eigenvalue weighted by atomic mass is 16.1. The number of amides is 1. The number of hydrogen-bond acceptors (Lipinski definition) is 3. The van der Waals surface area contributed by atoms with Crippen LogP contribution in [0.5, 0.6) is 0 Å². The van der Waals surface area contributed by atoms with Gasteiger partial charge in [0, 0.05) is 12.1 Å². The minimum atomic E-state index is -0.320. The average molecular weight is 173 g/mol. The summed E-state index contributed by atoms with van der Waals surface area (Å²) in [6.07, 6.45) is 0. The van der Waals surface area contributed by atoms with Crippen LogP contribution in [0.15, 0.2) is 0 Å². The smallest absolute Gasteiger partial charge is 0.234 e. The summed E-state index contributed by atoms with van der Waals surface area (Å²) in [6, 6.07) is -0.274. The second kappa shape index (κ2) is 3.87. The lowest BCUT2D eigenvalue weighted by Crippen LogP contribution is -2.54. The molecule has 1 atom stereocenters. The molecule has 0 saturated heterocycles. The summed E-state index contributed by atoms with van der Waals surface area (Å²) in [5.41, 5.74) is 10.5. The number of carbonyl (C=O) groups excluding carboxylic acids is 1. The van der Waals surface area contributed by atoms with Crippen LogP contribution in [0.1, 0.15) is 20.8 Å². The third-order valence-corrected chi connectivity index (χ3v) is 2.45. The molecular weight excluding hydrogens is 154 g/mol. The first kappa shape index (κ1) is 11.4. The fourth-order valence-corrected chi connectivity index (χ4v) is 0.859. The molecule has 0 radical (unpaired) electrons. The van der Waals surface area contributed by atoms with E-state index in [1.165, 1.54) is 0 Å². The number of nitrogens with two attached hydrogens (primary N) is 2. The molecule has 0 rings (SSSR count). The van der Waals surface area contributed by atoms with Crippen LogP contribution in [-0.2, 0) is 4.79 Å². The van der Waals surface area contributed by atoms with Crippen molar-refractivity contribution in [2.75, 3.05) is 13.6 Å². The average Bonchev–Trinajstić information content (AvgIpc) is 2.01. The number of nitrogens with zero attached hydrogens (tertiary/aromatic N) is 1. The Morgan fingerprint density at radius 2 is 2.00 bits per heavy atom. The lowest BCUT2D eigenvalue weighted by Gasteiger charge is -2.37. The van der Waals surface area contributed by atoms with Crippen LogP contribution < -0.4 is 11.5 Å². The van der Waals surface area contributed by atoms with Gasteiger partial charge in [-0.3, -0.25) is 9.69 Å². The van der Waals surface area contributed by atoms with Gasteiger partial charge < -0.3 is 11.5 Å². The Bertz CT molecular complexity index is 168. The van der Waals surface area contributed by atoms with E-state index < -0.39 is 0 Å². The van der Waals surface area contributed by atoms with Gasteiger partial charge in [-0.2, -0.15) is 0 Å². The Labute approximate surface area is 73.9 Å². The van der Waals surface area contributed by atoms with Gasteiger partial charge >= 0.3 is 0 Å². The van der Waals surface area contributed by atoms with Gasteiger partial charge in [-0.25, -0.2) is 0 Å². The Kier molecular flexibility index (Phi) is 3.67. The molecule has 0 aliphatic carbocycles. The second-order valence-corrected chi connectivity index (χ2v) is 3.71. The van der Waals surface area contributed by atoms with E-state index in [0.717, 1.165) is 0 Å². The number of carbonyl (C=O) groups is 1. The summed E-state index contributed by atoms with van der Waals surface area (Å²) in [4.78, 5) is 12.7. The summed E-state index contributed by atoms with van der Waals surface area (Å²) in [5.74, 6) is -0.320. The van der Waals surface area contributed by atoms with Crippen molar-refractivity contribution in [1.82, 2.24) is 4.90 Å². The van der Waals surface area contributed by atoms with E-state index in [2.05, 4.69) is 0 Å². The Morgan fingerprint density at radius 1 is 1.58 bits per heavy atom. The van der Waals surface area contributed by atoms with Crippen molar-refractivity contribution < 1.29 is 4.79 Å². The van der Waals surface area contributed by atoms with Crippen LogP contribution in [0, 0.1) is 0 Å². The van der Waals surface area contributed by atoms with Gasteiger partial charge in [-0.05, 0) is 27.8 Å². The maximum atomic E-state index is 10.8. The van der Waals surface area contributed by atoms with Crippen LogP contribution in [0.4, 0.5) is 0 Å². The Balaban J connectivity index is 4.37. The van der Waals surface area contributed by atoms with Crippen molar-refractivity contribution in [3.05, 3.63) is 0 Å². The first-order chi connectivity index (χ1) is 5.33. The molecule has 1 amide bonds. The van der Waals surface area contributed by atoms with Crippen LogP contribution in [-0.4, -0.2) is 36.0 Å². The molecule has 0 aromatic heterocycles. The van der Waals surface area contributed by atoms with Crippen molar-refractivity contribution >= 4 is 5.91 Å². The molecule has 0 aromatic carbocycles. The van der Waals surface area contributed by atoms with Crippen molar-refractivity contribution in [2.24, 2.45) is 11.5 Å². The van der Waals surface area contributed by atoms with Crippen LogP contribution in [0.25, 0.3) is 0 Å². The second-order valence-electron chi connectivity index (χ2n) is 3.71. The molecule has 0 heterocycles. The third-order valence-electron chi connectivity index (χ3n) is 2.45. The van der Waals surface area contributed by atoms with Crippen molar-refractivity contribution in [1.29, 1.82) is 0 Å². The van der Waals surface area contributed by atoms with Gasteiger partial charge in [0.15, 0.2) is 0 Å². The van der Waals surface area contributed by atoms with Gasteiger partial charge in [0.25, 0.3) is 0 Å². The first-order valence-corrected chi connectivity index (χ1v) is 4.05. The van der Waals surface area contributed by atoms with Gasteiger partial charge in [-0.1, -0.05) is 0 Å². The zero-order valence-corrected chi connectivity index (χ0v) is 8.29. The third kappa shape index (κ3) is 2.46. The number of rotatable bonds is 4. The van der Waals surface area contributed by atoms with Crippen LogP contribution in [0.3, 0.4) is 0 Å². The SMILES string of the molecule is CC(C(N)=O)N(C)C(C)(C)CN. The van der Waals surface area contributed by atoms with Crippen LogP contribution >= 0.6 is 0 Å². The van der Waals surface area contributed by atoms with Crippen molar-refractivity contribution in [2.45, 2.75) is 32.4 Å². The largest absolute Gasteiger partial charge is 0.368 e. The van der Waals surface area contributed by atoms with Gasteiger partial charge in [-0.15, -0.1) is 0 Å². The topological polar surface area (TPSA) is 72.4 Å². The van der Waals surface area contributed by atoms with Gasteiger partial charge in [0.1, 0.15) is 0 Å². The van der Waals surface area contributed by atoms with E-state index in [9.17, 15) is 4.79 Å². The van der Waals surface area contributed by atoms with E-state index in [-0.39, 0.29) is 17.5 Å². The highest BCUT2D eigenvalue weighted by Crippen LogP contribution is 2.13. The predicted octanol–water partition coefficient (Wildman–Crippen LogP) is -0.471. The van der Waals surface area contributed by atoms with E-state index in [4.69, 9.17) is 11.5 Å². The quantitative estimate of drug-likeness (QED) is 0.603. The standard InChI is InChI=1S/C8H19N3O/c1-6(7(10)12)11(4)8(2,3)5-9/h6H,5,9H2,1-4H3,(H2,10,12). The molecule has 4 heteroatoms. The molecule has 0 aliphatic rings. The normalized spacial score (nSPS) is 14.8. The fraction of sp³-hybridized carbons (Fsp3) is 0.875. The first-order valence-electron chi connectivity index (χ1n) is 4.05. The van der Waals surface area contributed by atoms with Crippen molar-refractivity contribution in [3.63, 3.8) is 0 Å². The summed E-state index contributed by atoms with van der Waals surface area (Å²) in [7, 11) is 1.85. The summed E-state index contributed by atoms with van der Waals surface area (Å²) >= 11 is 0. The molecule has 1 unspecified atom stereocenters. The lowest BCUT2D eigenvalue weighted by atomic mass is 10.0. The van der Waals surface area contributed by atoms with Crippen LogP contribution in [0.2, 0.25) is 0 Å². The molecule has 0 spiro atoms. The fourth-order valence-electron chi connectivity index (χ4n) is 0.859. The summed E-state index contributed by atoms with van der Waals surface area (Å²) < 4.78 is 0. The molecule has 0 bridgehead atoms. The number of likely N-dealkylation sites (N-methyl/N-ethyl adjacent to an activating group) is 1. The molecule has 0 fully saturated rings. The molecule has 12 heavy (non-hydrogen) atoms. The summed E-state index contributed by atoms with van der Waals surface area (Å²) in [5, 5.41) is 0. The molecular formula is C8H19N3O. The Morgan fingerprint density at radius 3 is 2.25 bits per heavy atom. The molecule has 4 N–H and O–H groups in total. The maximum absolute atomic E-state index is 10.8. The number of primary amides is 1. The van der Waals surface area contributed by atoms with E-state index in [0.29, 0.717) is 6.54 Å². The highest BCUT2D eigenvalue weighted by Gasteiger charge is 2.28. The van der Waals surface area contributed by atoms with Crippen molar-refractivity contribution in [3.8, 4) is 0 Å². The monoisotopic (exact) mass is 173 g/mol. The van der Waals surface area contributed by atoms with E-state index in [1.807, 2.05) is 25.8 Å². The Hall–Kier alpha value is -0.610. The highest BCUT2D eigenvalue weighted by molar-refractivity contribution is 5.79. The molecule has 0 saturated carbocycles. The minimum Gasteiger partial charge on any atom is -0.368 e. The summed E-state index contributed by atoms with van der Waals surface area (Å²) in [6.45, 7) is 6.24. The molecule has 4 nitrogen and oxygen atoms in total. The zero-order chi connectivity index (χ0) is 9.94. The van der Waals surface area contributed by atoms with E-state index in [1.54, 1.807) is 6.92 Å². The molecule has 72 valence electrons. The van der Waals surface area contributed by atoms with Gasteiger partial charge in [0.2, 0.25) is 5.91 Å². The molecule has 0 aromatic rings. The van der Waals surface area contributed by atoms with Gasteiger partial charge in [0.05, 0.1) is 6.04 Å². The van der Waals surface area contributed by atoms with E-state index >= 15 is 0 Å².